The third kappa shape index (κ3) is 3.40. The third-order valence-corrected chi connectivity index (χ3v) is 6.75. The smallest absolute Gasteiger partial charge is 0.253 e. The lowest BCUT2D eigenvalue weighted by Gasteiger charge is -2.60. The maximum absolute atomic E-state index is 13.1. The van der Waals surface area contributed by atoms with Crippen LogP contribution in [0.2, 0.25) is 0 Å². The number of carbonyl (C=O) groups excluding carboxylic acids is 2. The van der Waals surface area contributed by atoms with Gasteiger partial charge in [0.1, 0.15) is 0 Å². The van der Waals surface area contributed by atoms with Gasteiger partial charge in [0, 0.05) is 44.3 Å². The van der Waals surface area contributed by atoms with Gasteiger partial charge in [0.05, 0.1) is 18.1 Å². The highest BCUT2D eigenvalue weighted by molar-refractivity contribution is 5.94. The van der Waals surface area contributed by atoms with Crippen molar-refractivity contribution in [3.05, 3.63) is 71.8 Å². The summed E-state index contributed by atoms with van der Waals surface area (Å²) in [6, 6.07) is 19.3. The molecule has 2 aromatic rings. The Morgan fingerprint density at radius 3 is 2.23 bits per heavy atom. The number of aliphatic hydroxyl groups is 1. The zero-order valence-corrected chi connectivity index (χ0v) is 17.0. The standard InChI is InChI=1S/C24H27N3O3/c28-21-12-20-13-25(23(30)19-9-5-2-6-10-19)15-24(27(20)14-21)16-26(17-24)22(29)11-18-7-3-1-4-8-18/h1-10,20-21,28H,11-17H2/t20-,21+/m0/s1. The number of piperazine rings is 1. The van der Waals surface area contributed by atoms with E-state index in [4.69, 9.17) is 0 Å². The highest BCUT2D eigenvalue weighted by Gasteiger charge is 2.57. The number of hydrogen-bond acceptors (Lipinski definition) is 4. The van der Waals surface area contributed by atoms with Crippen LogP contribution in [0.4, 0.5) is 0 Å². The molecule has 1 N–H and O–H groups in total. The Hall–Kier alpha value is -2.70. The van der Waals surface area contributed by atoms with E-state index in [0.29, 0.717) is 51.1 Å². The first kappa shape index (κ1) is 19.3. The molecule has 0 unspecified atom stereocenters. The van der Waals surface area contributed by atoms with E-state index in [0.717, 1.165) is 5.56 Å². The van der Waals surface area contributed by atoms with Crippen LogP contribution < -0.4 is 0 Å². The van der Waals surface area contributed by atoms with Crippen molar-refractivity contribution in [3.8, 4) is 0 Å². The van der Waals surface area contributed by atoms with E-state index in [9.17, 15) is 14.7 Å². The molecule has 3 fully saturated rings. The Balaban J connectivity index is 1.32. The number of aliphatic hydroxyl groups excluding tert-OH is 1. The van der Waals surface area contributed by atoms with E-state index in [1.165, 1.54) is 0 Å². The summed E-state index contributed by atoms with van der Waals surface area (Å²) in [6.07, 6.45) is 0.709. The molecular formula is C24H27N3O3. The van der Waals surface area contributed by atoms with Crippen molar-refractivity contribution < 1.29 is 14.7 Å². The Bertz CT molecular complexity index is 927. The number of hydrogen-bond donors (Lipinski definition) is 1. The highest BCUT2D eigenvalue weighted by Crippen LogP contribution is 2.39. The van der Waals surface area contributed by atoms with Gasteiger partial charge in [0.25, 0.3) is 5.91 Å². The van der Waals surface area contributed by atoms with E-state index in [1.54, 1.807) is 0 Å². The van der Waals surface area contributed by atoms with Gasteiger partial charge >= 0.3 is 0 Å². The molecule has 2 aromatic carbocycles. The predicted octanol–water partition coefficient (Wildman–Crippen LogP) is 1.40. The number of amides is 2. The van der Waals surface area contributed by atoms with Gasteiger partial charge in [-0.2, -0.15) is 0 Å². The Morgan fingerprint density at radius 2 is 1.53 bits per heavy atom. The Kier molecular flexibility index (Phi) is 4.83. The van der Waals surface area contributed by atoms with Gasteiger partial charge in [-0.3, -0.25) is 14.5 Å². The van der Waals surface area contributed by atoms with Gasteiger partial charge in [-0.05, 0) is 24.1 Å². The van der Waals surface area contributed by atoms with Crippen molar-refractivity contribution in [1.82, 2.24) is 14.7 Å². The average Bonchev–Trinajstić information content (AvgIpc) is 3.12. The summed E-state index contributed by atoms with van der Waals surface area (Å²) in [4.78, 5) is 32.1. The van der Waals surface area contributed by atoms with Crippen molar-refractivity contribution >= 4 is 11.8 Å². The molecule has 30 heavy (non-hydrogen) atoms. The van der Waals surface area contributed by atoms with Crippen molar-refractivity contribution in [2.24, 2.45) is 0 Å². The highest BCUT2D eigenvalue weighted by atomic mass is 16.3. The molecule has 3 saturated heterocycles. The van der Waals surface area contributed by atoms with Crippen molar-refractivity contribution in [2.45, 2.75) is 30.5 Å². The van der Waals surface area contributed by atoms with Crippen LogP contribution in [0.3, 0.4) is 0 Å². The summed E-state index contributed by atoms with van der Waals surface area (Å²) < 4.78 is 0. The molecule has 6 nitrogen and oxygen atoms in total. The van der Waals surface area contributed by atoms with Crippen molar-refractivity contribution in [3.63, 3.8) is 0 Å². The number of nitrogens with zero attached hydrogens (tertiary/aromatic N) is 3. The van der Waals surface area contributed by atoms with Crippen LogP contribution in [0.1, 0.15) is 22.3 Å². The third-order valence-electron chi connectivity index (χ3n) is 6.75. The number of likely N-dealkylation sites (tertiary alicyclic amines) is 1. The summed E-state index contributed by atoms with van der Waals surface area (Å²) in [5, 5.41) is 10.3. The maximum Gasteiger partial charge on any atom is 0.253 e. The van der Waals surface area contributed by atoms with Crippen molar-refractivity contribution in [1.29, 1.82) is 0 Å². The molecule has 1 spiro atoms. The van der Waals surface area contributed by atoms with E-state index < -0.39 is 0 Å². The summed E-state index contributed by atoms with van der Waals surface area (Å²) in [7, 11) is 0. The monoisotopic (exact) mass is 405 g/mol. The molecule has 3 heterocycles. The molecule has 2 amide bonds. The van der Waals surface area contributed by atoms with E-state index in [-0.39, 0.29) is 29.5 Å². The quantitative estimate of drug-likeness (QED) is 0.839. The van der Waals surface area contributed by atoms with Crippen molar-refractivity contribution in [2.75, 3.05) is 32.7 Å². The number of carbonyl (C=O) groups is 2. The number of β-amino-alcohol motifs (C(OH)–C–C–N with tert-alkyl or cyclic N) is 1. The minimum atomic E-state index is -0.368. The van der Waals surface area contributed by atoms with Crippen LogP contribution in [0.15, 0.2) is 60.7 Å². The van der Waals surface area contributed by atoms with E-state index in [1.807, 2.05) is 70.5 Å². The molecule has 3 aliphatic rings. The van der Waals surface area contributed by atoms with Gasteiger partial charge in [-0.25, -0.2) is 0 Å². The van der Waals surface area contributed by atoms with Crippen LogP contribution in [0.5, 0.6) is 0 Å². The molecule has 156 valence electrons. The predicted molar refractivity (Wildman–Crippen MR) is 113 cm³/mol. The van der Waals surface area contributed by atoms with Gasteiger partial charge < -0.3 is 14.9 Å². The lowest BCUT2D eigenvalue weighted by atomic mass is 9.83. The summed E-state index contributed by atoms with van der Waals surface area (Å²) in [5.41, 5.74) is 1.45. The number of fused-ring (bicyclic) bond motifs is 2. The van der Waals surface area contributed by atoms with Gasteiger partial charge in [0.2, 0.25) is 5.91 Å². The fraction of sp³-hybridized carbons (Fsp3) is 0.417. The van der Waals surface area contributed by atoms with E-state index >= 15 is 0 Å². The second-order valence-corrected chi connectivity index (χ2v) is 8.88. The normalized spacial score (nSPS) is 25.1. The van der Waals surface area contributed by atoms with Crippen LogP contribution in [0, 0.1) is 0 Å². The minimum absolute atomic E-state index is 0.0325. The van der Waals surface area contributed by atoms with Gasteiger partial charge in [-0.15, -0.1) is 0 Å². The average molecular weight is 405 g/mol. The fourth-order valence-electron chi connectivity index (χ4n) is 5.33. The number of rotatable bonds is 3. The summed E-state index contributed by atoms with van der Waals surface area (Å²) in [5.74, 6) is 0.153. The first-order valence-corrected chi connectivity index (χ1v) is 10.6. The second-order valence-electron chi connectivity index (χ2n) is 8.88. The second kappa shape index (κ2) is 7.52. The molecule has 0 aliphatic carbocycles. The van der Waals surface area contributed by atoms with E-state index in [2.05, 4.69) is 4.90 Å². The lowest BCUT2D eigenvalue weighted by Crippen LogP contribution is -2.79. The molecule has 5 rings (SSSR count). The molecule has 0 radical (unpaired) electrons. The van der Waals surface area contributed by atoms with Crippen LogP contribution in [-0.4, -0.2) is 82.0 Å². The molecule has 0 bridgehead atoms. The number of benzene rings is 2. The fourth-order valence-corrected chi connectivity index (χ4v) is 5.33. The summed E-state index contributed by atoms with van der Waals surface area (Å²) >= 11 is 0. The first-order valence-electron chi connectivity index (χ1n) is 10.6. The van der Waals surface area contributed by atoms with Crippen LogP contribution >= 0.6 is 0 Å². The molecule has 0 saturated carbocycles. The molecule has 0 aromatic heterocycles. The molecule has 2 atom stereocenters. The first-order chi connectivity index (χ1) is 14.5. The largest absolute Gasteiger partial charge is 0.392 e. The zero-order valence-electron chi connectivity index (χ0n) is 17.0. The maximum atomic E-state index is 13.1. The zero-order chi connectivity index (χ0) is 20.7. The van der Waals surface area contributed by atoms with Crippen LogP contribution in [0.25, 0.3) is 0 Å². The lowest BCUT2D eigenvalue weighted by molar-refractivity contribution is -0.153. The van der Waals surface area contributed by atoms with Crippen LogP contribution in [-0.2, 0) is 11.2 Å². The Morgan fingerprint density at radius 1 is 0.900 bits per heavy atom. The molecule has 3 aliphatic heterocycles. The van der Waals surface area contributed by atoms with Gasteiger partial charge in [0.15, 0.2) is 0 Å². The topological polar surface area (TPSA) is 64.1 Å². The SMILES string of the molecule is O=C(Cc1ccccc1)N1CC2(C1)CN(C(=O)c1ccccc1)C[C@@H]1C[C@@H](O)CN12. The Labute approximate surface area is 176 Å². The molecule has 6 heteroatoms. The van der Waals surface area contributed by atoms with Gasteiger partial charge in [-0.1, -0.05) is 48.5 Å². The minimum Gasteiger partial charge on any atom is -0.392 e. The summed E-state index contributed by atoms with van der Waals surface area (Å²) in [6.45, 7) is 3.07. The molecular weight excluding hydrogens is 378 g/mol.